The van der Waals surface area contributed by atoms with Gasteiger partial charge < -0.3 is 10.4 Å². The summed E-state index contributed by atoms with van der Waals surface area (Å²) in [4.78, 5) is 10.7. The van der Waals surface area contributed by atoms with E-state index in [-0.39, 0.29) is 0 Å². The summed E-state index contributed by atoms with van der Waals surface area (Å²) in [5.41, 5.74) is 1.17. The van der Waals surface area contributed by atoms with Crippen molar-refractivity contribution in [2.24, 2.45) is 0 Å². The zero-order valence-corrected chi connectivity index (χ0v) is 9.67. The van der Waals surface area contributed by atoms with E-state index >= 15 is 0 Å². The van der Waals surface area contributed by atoms with E-state index in [0.29, 0.717) is 10.8 Å². The first-order chi connectivity index (χ1) is 7.13. The van der Waals surface area contributed by atoms with Crippen LogP contribution in [0, 0.1) is 0 Å². The molecule has 3 nitrogen and oxygen atoms in total. The van der Waals surface area contributed by atoms with Gasteiger partial charge in [-0.1, -0.05) is 13.0 Å². The lowest BCUT2D eigenvalue weighted by molar-refractivity contribution is 0.0697. The molecular formula is C11H15NO2S. The molecule has 0 aliphatic rings. The van der Waals surface area contributed by atoms with Crippen LogP contribution in [0.15, 0.2) is 24.3 Å². The van der Waals surface area contributed by atoms with E-state index in [2.05, 4.69) is 18.5 Å². The third-order valence-corrected chi connectivity index (χ3v) is 3.08. The van der Waals surface area contributed by atoms with Crippen LogP contribution in [-0.2, 0) is 0 Å². The number of aromatic carboxylic acids is 1. The van der Waals surface area contributed by atoms with Gasteiger partial charge in [0.2, 0.25) is 0 Å². The molecule has 0 spiro atoms. The molecule has 15 heavy (non-hydrogen) atoms. The molecule has 82 valence electrons. The number of thioether (sulfide) groups is 1. The molecule has 0 radical (unpaired) electrons. The van der Waals surface area contributed by atoms with E-state index in [0.717, 1.165) is 12.2 Å². The smallest absolute Gasteiger partial charge is 0.335 e. The van der Waals surface area contributed by atoms with Gasteiger partial charge in [0.25, 0.3) is 0 Å². The third kappa shape index (κ3) is 3.83. The molecule has 0 aliphatic carbocycles. The standard InChI is InChI=1S/C11H15NO2S/c1-8(15-2)7-12-10-5-3-4-9(6-10)11(13)14/h3-6,8,12H,7H2,1-2H3,(H,13,14). The molecule has 0 heterocycles. The van der Waals surface area contributed by atoms with Gasteiger partial charge in [-0.25, -0.2) is 4.79 Å². The zero-order valence-electron chi connectivity index (χ0n) is 8.86. The van der Waals surface area contributed by atoms with Gasteiger partial charge in [-0.15, -0.1) is 0 Å². The minimum absolute atomic E-state index is 0.316. The Balaban J connectivity index is 2.62. The van der Waals surface area contributed by atoms with Gasteiger partial charge in [-0.2, -0.15) is 11.8 Å². The van der Waals surface area contributed by atoms with Crippen molar-refractivity contribution < 1.29 is 9.90 Å². The van der Waals surface area contributed by atoms with Crippen molar-refractivity contribution >= 4 is 23.4 Å². The number of anilines is 1. The monoisotopic (exact) mass is 225 g/mol. The fourth-order valence-electron chi connectivity index (χ4n) is 1.11. The van der Waals surface area contributed by atoms with Crippen LogP contribution in [0.25, 0.3) is 0 Å². The lowest BCUT2D eigenvalue weighted by Crippen LogP contribution is -2.12. The lowest BCUT2D eigenvalue weighted by atomic mass is 10.2. The molecule has 1 aromatic carbocycles. The highest BCUT2D eigenvalue weighted by molar-refractivity contribution is 7.99. The number of benzene rings is 1. The highest BCUT2D eigenvalue weighted by Gasteiger charge is 2.03. The molecule has 0 bridgehead atoms. The highest BCUT2D eigenvalue weighted by Crippen LogP contribution is 2.12. The number of nitrogens with one attached hydrogen (secondary N) is 1. The van der Waals surface area contributed by atoms with Crippen LogP contribution in [-0.4, -0.2) is 29.1 Å². The highest BCUT2D eigenvalue weighted by atomic mass is 32.2. The van der Waals surface area contributed by atoms with Gasteiger partial charge in [0.05, 0.1) is 5.56 Å². The number of hydrogen-bond donors (Lipinski definition) is 2. The van der Waals surface area contributed by atoms with Gasteiger partial charge in [0, 0.05) is 17.5 Å². The van der Waals surface area contributed by atoms with Gasteiger partial charge in [-0.3, -0.25) is 0 Å². The summed E-state index contributed by atoms with van der Waals surface area (Å²) in [7, 11) is 0. The van der Waals surface area contributed by atoms with Gasteiger partial charge in [0.15, 0.2) is 0 Å². The van der Waals surface area contributed by atoms with Gasteiger partial charge in [-0.05, 0) is 24.5 Å². The Morgan fingerprint density at radius 3 is 2.93 bits per heavy atom. The Morgan fingerprint density at radius 1 is 1.60 bits per heavy atom. The Morgan fingerprint density at radius 2 is 2.33 bits per heavy atom. The first kappa shape index (κ1) is 11.9. The fourth-order valence-corrected chi connectivity index (χ4v) is 1.36. The maximum Gasteiger partial charge on any atom is 0.335 e. The SMILES string of the molecule is CSC(C)CNc1cccc(C(=O)O)c1. The summed E-state index contributed by atoms with van der Waals surface area (Å²) in [6.07, 6.45) is 2.06. The molecule has 1 aromatic rings. The Bertz CT molecular complexity index is 341. The van der Waals surface area contributed by atoms with Crippen molar-refractivity contribution in [1.82, 2.24) is 0 Å². The molecule has 0 aliphatic heterocycles. The van der Waals surface area contributed by atoms with Gasteiger partial charge >= 0.3 is 5.97 Å². The summed E-state index contributed by atoms with van der Waals surface area (Å²) in [5, 5.41) is 12.5. The number of carbonyl (C=O) groups is 1. The van der Waals surface area contributed by atoms with Crippen LogP contribution in [0.1, 0.15) is 17.3 Å². The van der Waals surface area contributed by atoms with Crippen LogP contribution in [0.5, 0.6) is 0 Å². The van der Waals surface area contributed by atoms with E-state index < -0.39 is 5.97 Å². The third-order valence-electron chi connectivity index (χ3n) is 2.11. The summed E-state index contributed by atoms with van der Waals surface area (Å²) < 4.78 is 0. The van der Waals surface area contributed by atoms with Crippen molar-refractivity contribution in [2.75, 3.05) is 18.1 Å². The van der Waals surface area contributed by atoms with Crippen molar-refractivity contribution in [1.29, 1.82) is 0 Å². The molecule has 4 heteroatoms. The molecule has 1 rings (SSSR count). The topological polar surface area (TPSA) is 49.3 Å². The first-order valence-electron chi connectivity index (χ1n) is 4.73. The Hall–Kier alpha value is -1.16. The molecule has 0 saturated heterocycles. The van der Waals surface area contributed by atoms with E-state index in [4.69, 9.17) is 5.11 Å². The molecule has 1 unspecified atom stereocenters. The molecule has 0 aromatic heterocycles. The number of carboxylic acid groups (broad SMARTS) is 1. The Labute approximate surface area is 93.9 Å². The molecule has 2 N–H and O–H groups in total. The summed E-state index contributed by atoms with van der Waals surface area (Å²) in [5.74, 6) is -0.892. The van der Waals surface area contributed by atoms with Crippen molar-refractivity contribution in [2.45, 2.75) is 12.2 Å². The average molecular weight is 225 g/mol. The minimum Gasteiger partial charge on any atom is -0.478 e. The summed E-state index contributed by atoms with van der Waals surface area (Å²) in [6.45, 7) is 2.96. The van der Waals surface area contributed by atoms with Crippen LogP contribution in [0.3, 0.4) is 0 Å². The predicted molar refractivity (Wildman–Crippen MR) is 64.9 cm³/mol. The molecular weight excluding hydrogens is 210 g/mol. The molecule has 1 atom stereocenters. The first-order valence-corrected chi connectivity index (χ1v) is 6.02. The summed E-state index contributed by atoms with van der Waals surface area (Å²) >= 11 is 1.78. The van der Waals surface area contributed by atoms with Crippen LogP contribution < -0.4 is 5.32 Å². The number of rotatable bonds is 5. The van der Waals surface area contributed by atoms with E-state index in [1.54, 1.807) is 30.0 Å². The Kier molecular flexibility index (Phi) is 4.49. The number of hydrogen-bond acceptors (Lipinski definition) is 3. The largest absolute Gasteiger partial charge is 0.478 e. The maximum atomic E-state index is 10.7. The minimum atomic E-state index is -0.892. The second kappa shape index (κ2) is 5.66. The number of carboxylic acids is 1. The fraction of sp³-hybridized carbons (Fsp3) is 0.364. The zero-order chi connectivity index (χ0) is 11.3. The van der Waals surface area contributed by atoms with Crippen LogP contribution >= 0.6 is 11.8 Å². The van der Waals surface area contributed by atoms with Crippen molar-refractivity contribution in [3.8, 4) is 0 Å². The van der Waals surface area contributed by atoms with Crippen molar-refractivity contribution in [3.63, 3.8) is 0 Å². The molecule has 0 amide bonds. The summed E-state index contributed by atoms with van der Waals surface area (Å²) in [6, 6.07) is 6.86. The predicted octanol–water partition coefficient (Wildman–Crippen LogP) is 2.55. The normalized spacial score (nSPS) is 12.1. The maximum absolute atomic E-state index is 10.7. The second-order valence-corrected chi connectivity index (χ2v) is 4.59. The second-order valence-electron chi connectivity index (χ2n) is 3.31. The van der Waals surface area contributed by atoms with Crippen LogP contribution in [0.4, 0.5) is 5.69 Å². The average Bonchev–Trinajstić information content (AvgIpc) is 2.26. The van der Waals surface area contributed by atoms with E-state index in [1.807, 2.05) is 6.07 Å². The van der Waals surface area contributed by atoms with E-state index in [1.165, 1.54) is 0 Å². The molecule has 0 saturated carbocycles. The van der Waals surface area contributed by atoms with Gasteiger partial charge in [0.1, 0.15) is 0 Å². The quantitative estimate of drug-likeness (QED) is 0.808. The van der Waals surface area contributed by atoms with E-state index in [9.17, 15) is 4.79 Å². The van der Waals surface area contributed by atoms with Crippen molar-refractivity contribution in [3.05, 3.63) is 29.8 Å². The van der Waals surface area contributed by atoms with Crippen LogP contribution in [0.2, 0.25) is 0 Å². The molecule has 0 fully saturated rings. The lowest BCUT2D eigenvalue weighted by Gasteiger charge is -2.11.